The van der Waals surface area contributed by atoms with Crippen molar-refractivity contribution in [2.45, 2.75) is 58.8 Å². The van der Waals surface area contributed by atoms with Crippen LogP contribution in [-0.2, 0) is 37.4 Å². The predicted octanol–water partition coefficient (Wildman–Crippen LogP) is 11.9. The molecule has 4 aromatic carbocycles. The van der Waals surface area contributed by atoms with Crippen LogP contribution in [0.25, 0.3) is 31.4 Å². The maximum Gasteiger partial charge on any atom is 3.00 e. The summed E-state index contributed by atoms with van der Waals surface area (Å²) in [7, 11) is 0. The fourth-order valence-electron chi connectivity index (χ4n) is 7.65. The molecule has 1 unspecified atom stereocenters. The van der Waals surface area contributed by atoms with E-state index in [0.717, 1.165) is 61.7 Å². The van der Waals surface area contributed by atoms with E-state index in [1.54, 1.807) is 0 Å². The molecule has 0 fully saturated rings. The third-order valence-electron chi connectivity index (χ3n) is 10.4. The Balaban J connectivity index is 0.00000450. The van der Waals surface area contributed by atoms with E-state index in [2.05, 4.69) is 145 Å². The van der Waals surface area contributed by atoms with Gasteiger partial charge in [0.1, 0.15) is 0 Å². The summed E-state index contributed by atoms with van der Waals surface area (Å²) in [5.74, 6) is 0. The molecule has 0 aliphatic heterocycles. The number of fused-ring (bicyclic) bond motifs is 3. The van der Waals surface area contributed by atoms with Gasteiger partial charge in [-0.05, 0) is 78.4 Å². The number of thiophene rings is 1. The van der Waals surface area contributed by atoms with Crippen LogP contribution in [0.15, 0.2) is 134 Å². The maximum atomic E-state index is 5.68. The van der Waals surface area contributed by atoms with Gasteiger partial charge in [0.05, 0.1) is 16.8 Å². The number of nitrogens with zero attached hydrogens (tertiary/aromatic N) is 3. The Bertz CT molecular complexity index is 2460. The number of aromatic nitrogens is 3. The first-order valence-electron chi connectivity index (χ1n) is 18.2. The van der Waals surface area contributed by atoms with Gasteiger partial charge in [0.15, 0.2) is 0 Å². The summed E-state index contributed by atoms with van der Waals surface area (Å²) < 4.78 is 2.41. The zero-order chi connectivity index (χ0) is 36.8. The summed E-state index contributed by atoms with van der Waals surface area (Å²) in [6.45, 7) is 13.5. The van der Waals surface area contributed by atoms with Crippen molar-refractivity contribution >= 4 is 31.5 Å². The van der Waals surface area contributed by atoms with Gasteiger partial charge in [-0.2, -0.15) is 60.7 Å². The number of aryl methyl sites for hydroxylation is 1. The molecule has 0 N–H and O–H groups in total. The fourth-order valence-corrected chi connectivity index (χ4v) is 8.90. The van der Waals surface area contributed by atoms with Gasteiger partial charge in [-0.3, -0.25) is 15.0 Å². The largest absolute Gasteiger partial charge is 3.00 e. The molecule has 0 saturated carbocycles. The van der Waals surface area contributed by atoms with Crippen LogP contribution < -0.4 is 0 Å². The molecular weight excluding hydrogens is 855 g/mol. The number of rotatable bonds is 8. The smallest absolute Gasteiger partial charge is 0.299 e. The average molecular weight is 897 g/mol. The zero-order valence-corrected chi connectivity index (χ0v) is 34.7. The molecule has 4 heterocycles. The standard InChI is InChI=1S/C49H42N3S.Ir/c1-33-27-35(30-38(28-33)48(5,36-17-9-7-10-18-36)42-21-13-15-25-50-42)45-46-40(39-24-23-34(29-41(39)53-46)32-47(2,3)4)31-44(52-45)49(6,37-19-11-8-12-20-37)43-22-14-16-26-51-43;/h7-17,19,21-29,31H,32H2,1-6H3;/q-3;+3/t48?,49-;/m1./s1. The normalized spacial score (nSPS) is 14.0. The van der Waals surface area contributed by atoms with Crippen molar-refractivity contribution < 1.29 is 20.1 Å². The second kappa shape index (κ2) is 14.8. The van der Waals surface area contributed by atoms with E-state index in [0.29, 0.717) is 0 Å². The van der Waals surface area contributed by atoms with Crippen molar-refractivity contribution in [3.05, 3.63) is 197 Å². The maximum absolute atomic E-state index is 5.68. The number of hydrogen-bond donors (Lipinski definition) is 0. The molecule has 0 bridgehead atoms. The van der Waals surface area contributed by atoms with E-state index in [-0.39, 0.29) is 25.5 Å². The molecule has 0 amide bonds. The molecule has 4 aromatic heterocycles. The summed E-state index contributed by atoms with van der Waals surface area (Å²) in [6.07, 6.45) is 4.74. The summed E-state index contributed by atoms with van der Waals surface area (Å²) in [4.78, 5) is 15.5. The van der Waals surface area contributed by atoms with E-state index in [1.807, 2.05) is 60.1 Å². The first kappa shape index (κ1) is 37.5. The molecule has 2 atom stereocenters. The number of pyridine rings is 3. The molecular formula is C49H42IrN3S. The minimum absolute atomic E-state index is 0. The van der Waals surface area contributed by atoms with Gasteiger partial charge < -0.3 is 0 Å². The van der Waals surface area contributed by atoms with Crippen LogP contribution in [0.5, 0.6) is 0 Å². The van der Waals surface area contributed by atoms with Crippen LogP contribution in [0.1, 0.15) is 79.5 Å². The van der Waals surface area contributed by atoms with Gasteiger partial charge in [0.2, 0.25) is 0 Å². The number of hydrogen-bond acceptors (Lipinski definition) is 4. The van der Waals surface area contributed by atoms with E-state index in [4.69, 9.17) is 15.0 Å². The third kappa shape index (κ3) is 6.86. The van der Waals surface area contributed by atoms with Gasteiger partial charge in [-0.1, -0.05) is 52.0 Å². The van der Waals surface area contributed by atoms with Gasteiger partial charge in [-0.15, -0.1) is 57.4 Å². The Morgan fingerprint density at radius 3 is 1.83 bits per heavy atom. The minimum atomic E-state index is -0.681. The van der Waals surface area contributed by atoms with Gasteiger partial charge >= 0.3 is 20.1 Å². The second-order valence-electron chi connectivity index (χ2n) is 15.6. The van der Waals surface area contributed by atoms with Crippen molar-refractivity contribution in [2.24, 2.45) is 5.41 Å². The topological polar surface area (TPSA) is 38.7 Å². The van der Waals surface area contributed by atoms with Gasteiger partial charge in [0, 0.05) is 38.6 Å². The predicted molar refractivity (Wildman–Crippen MR) is 219 cm³/mol. The zero-order valence-electron chi connectivity index (χ0n) is 31.5. The molecule has 0 spiro atoms. The SMILES string of the molecule is Cc1cc(-c2nc([C@](C)(c3[c-]cccc3)c3ccccn3)cc3c2sc2cc(CC(C)(C)C)ccc23)[c-]c(C(C)(c2[c-]cccc2)c2ccccn2)c1.[Ir+3]. The Morgan fingerprint density at radius 1 is 0.611 bits per heavy atom. The van der Waals surface area contributed by atoms with Crippen LogP contribution in [0.4, 0.5) is 0 Å². The van der Waals surface area contributed by atoms with E-state index >= 15 is 0 Å². The minimum Gasteiger partial charge on any atom is -0.299 e. The first-order valence-corrected chi connectivity index (χ1v) is 19.0. The van der Waals surface area contributed by atoms with Crippen molar-refractivity contribution in [1.29, 1.82) is 0 Å². The van der Waals surface area contributed by atoms with Gasteiger partial charge in [0.25, 0.3) is 0 Å². The fraction of sp³-hybridized carbons (Fsp3) is 0.204. The number of benzene rings is 4. The summed E-state index contributed by atoms with van der Waals surface area (Å²) in [6, 6.07) is 53.4. The molecule has 8 rings (SSSR count). The average Bonchev–Trinajstić information content (AvgIpc) is 3.55. The van der Waals surface area contributed by atoms with Gasteiger partial charge in [-0.25, -0.2) is 0 Å². The molecule has 268 valence electrons. The Kier molecular flexibility index (Phi) is 10.3. The monoisotopic (exact) mass is 897 g/mol. The molecule has 0 radical (unpaired) electrons. The molecule has 0 aliphatic carbocycles. The van der Waals surface area contributed by atoms with Crippen LogP contribution in [0.2, 0.25) is 0 Å². The van der Waals surface area contributed by atoms with E-state index < -0.39 is 10.8 Å². The van der Waals surface area contributed by atoms with Crippen LogP contribution >= 0.6 is 11.3 Å². The van der Waals surface area contributed by atoms with Crippen molar-refractivity contribution in [1.82, 2.24) is 15.0 Å². The van der Waals surface area contributed by atoms with E-state index in [1.165, 1.54) is 21.0 Å². The molecule has 54 heavy (non-hydrogen) atoms. The molecule has 0 saturated heterocycles. The molecule has 5 heteroatoms. The van der Waals surface area contributed by atoms with E-state index in [9.17, 15) is 0 Å². The second-order valence-corrected chi connectivity index (χ2v) is 16.7. The Labute approximate surface area is 337 Å². The van der Waals surface area contributed by atoms with Crippen LogP contribution in [0.3, 0.4) is 0 Å². The third-order valence-corrected chi connectivity index (χ3v) is 11.6. The van der Waals surface area contributed by atoms with Crippen LogP contribution in [-0.4, -0.2) is 15.0 Å². The van der Waals surface area contributed by atoms with Crippen molar-refractivity contribution in [2.75, 3.05) is 0 Å². The molecule has 3 nitrogen and oxygen atoms in total. The summed E-state index contributed by atoms with van der Waals surface area (Å²) >= 11 is 1.82. The Hall–Kier alpha value is -4.80. The summed E-state index contributed by atoms with van der Waals surface area (Å²) in [5, 5.41) is 2.42. The van der Waals surface area contributed by atoms with Crippen molar-refractivity contribution in [3.8, 4) is 11.3 Å². The first-order chi connectivity index (χ1) is 25.5. The Morgan fingerprint density at radius 2 is 1.24 bits per heavy atom. The quantitative estimate of drug-likeness (QED) is 0.143. The molecule has 0 aliphatic rings. The molecule has 8 aromatic rings. The summed E-state index contributed by atoms with van der Waals surface area (Å²) in [5.41, 5.74) is 9.09. The van der Waals surface area contributed by atoms with Crippen LogP contribution in [0, 0.1) is 30.5 Å². The van der Waals surface area contributed by atoms with Crippen molar-refractivity contribution in [3.63, 3.8) is 0 Å².